The molecule has 1 saturated heterocycles. The molecule has 0 aromatic heterocycles. The van der Waals surface area contributed by atoms with Crippen LogP contribution in [0.5, 0.6) is 0 Å². The maximum Gasteiger partial charge on any atom is 0.0671 e. The number of fused-ring (bicyclic) bond motifs is 1. The molecule has 4 aliphatic rings. The highest BCUT2D eigenvalue weighted by Gasteiger charge is 2.63. The van der Waals surface area contributed by atoms with Gasteiger partial charge in [-0.3, -0.25) is 9.89 Å². The highest BCUT2D eigenvalue weighted by Crippen LogP contribution is 2.61. The molecule has 0 radical (unpaired) electrons. The molecule has 0 bridgehead atoms. The monoisotopic (exact) mass is 278 g/mol. The number of rotatable bonds is 1. The molecule has 5 rings (SSSR count). The minimum Gasteiger partial charge on any atom is -0.295 e. The second-order valence-corrected chi connectivity index (χ2v) is 7.18. The van der Waals surface area contributed by atoms with Crippen molar-refractivity contribution < 1.29 is 0 Å². The highest BCUT2D eigenvalue weighted by atomic mass is 15.2. The molecule has 1 spiro atoms. The minimum absolute atomic E-state index is 0.218. The van der Waals surface area contributed by atoms with Gasteiger partial charge in [0.05, 0.1) is 11.1 Å². The quantitative estimate of drug-likeness (QED) is 0.713. The van der Waals surface area contributed by atoms with Crippen molar-refractivity contribution in [3.8, 4) is 0 Å². The zero-order valence-electron chi connectivity index (χ0n) is 12.7. The number of hydrogen-bond donors (Lipinski definition) is 0. The van der Waals surface area contributed by atoms with E-state index in [1.807, 2.05) is 0 Å². The van der Waals surface area contributed by atoms with Gasteiger partial charge < -0.3 is 0 Å². The summed E-state index contributed by atoms with van der Waals surface area (Å²) in [5.41, 5.74) is 4.83. The maximum absolute atomic E-state index is 5.07. The lowest BCUT2D eigenvalue weighted by atomic mass is 9.54. The number of benzene rings is 1. The van der Waals surface area contributed by atoms with E-state index in [4.69, 9.17) is 4.99 Å². The summed E-state index contributed by atoms with van der Waals surface area (Å²) in [5.74, 6) is 0. The van der Waals surface area contributed by atoms with Crippen LogP contribution in [0.1, 0.15) is 38.2 Å². The fraction of sp³-hybridized carbons (Fsp3) is 0.526. The van der Waals surface area contributed by atoms with Crippen LogP contribution in [0.25, 0.3) is 0 Å². The van der Waals surface area contributed by atoms with Crippen LogP contribution in [-0.4, -0.2) is 29.7 Å². The number of aliphatic imine (C=N–C) groups is 1. The summed E-state index contributed by atoms with van der Waals surface area (Å²) in [6, 6.07) is 9.53. The first-order chi connectivity index (χ1) is 10.3. The predicted molar refractivity (Wildman–Crippen MR) is 86.3 cm³/mol. The lowest BCUT2D eigenvalue weighted by molar-refractivity contribution is 0.0850. The van der Waals surface area contributed by atoms with Crippen LogP contribution in [0.15, 0.2) is 41.4 Å². The van der Waals surface area contributed by atoms with E-state index >= 15 is 0 Å². The standard InChI is InChI=1S/C19H22N2/c1-2-18-9-5-12-21-13-11-19(17(18)21)14-6-3-4-7-15(14)20-16(19)8-10-18/h3-7,9,17H,2,8,10-13H2,1H3/t17-,18-,19?/m0/s1. The number of para-hydroxylation sites is 1. The fourth-order valence-corrected chi connectivity index (χ4v) is 5.73. The third kappa shape index (κ3) is 1.27. The Morgan fingerprint density at radius 3 is 3.10 bits per heavy atom. The molecular weight excluding hydrogens is 256 g/mol. The Balaban J connectivity index is 1.78. The second kappa shape index (κ2) is 3.86. The zero-order chi connectivity index (χ0) is 14.1. The number of nitrogens with zero attached hydrogens (tertiary/aromatic N) is 2. The largest absolute Gasteiger partial charge is 0.295 e. The van der Waals surface area contributed by atoms with E-state index in [1.165, 1.54) is 49.2 Å². The summed E-state index contributed by atoms with van der Waals surface area (Å²) >= 11 is 0. The van der Waals surface area contributed by atoms with Crippen LogP contribution in [0, 0.1) is 5.41 Å². The van der Waals surface area contributed by atoms with Gasteiger partial charge in [0.25, 0.3) is 0 Å². The van der Waals surface area contributed by atoms with Gasteiger partial charge >= 0.3 is 0 Å². The molecule has 1 aromatic carbocycles. The topological polar surface area (TPSA) is 15.6 Å². The average Bonchev–Trinajstić information content (AvgIpc) is 3.08. The zero-order valence-corrected chi connectivity index (χ0v) is 12.7. The third-order valence-electron chi connectivity index (χ3n) is 6.60. The lowest BCUT2D eigenvalue weighted by Crippen LogP contribution is -2.60. The molecule has 1 unspecified atom stereocenters. The van der Waals surface area contributed by atoms with Crippen molar-refractivity contribution in [3.63, 3.8) is 0 Å². The van der Waals surface area contributed by atoms with Crippen LogP contribution in [0.3, 0.4) is 0 Å². The third-order valence-corrected chi connectivity index (χ3v) is 6.60. The van der Waals surface area contributed by atoms with Gasteiger partial charge in [-0.2, -0.15) is 0 Å². The van der Waals surface area contributed by atoms with Gasteiger partial charge in [-0.05, 0) is 37.3 Å². The highest BCUT2D eigenvalue weighted by molar-refractivity contribution is 6.04. The van der Waals surface area contributed by atoms with E-state index in [9.17, 15) is 0 Å². The smallest absolute Gasteiger partial charge is 0.0671 e. The Morgan fingerprint density at radius 2 is 2.19 bits per heavy atom. The molecule has 0 amide bonds. The Hall–Kier alpha value is -1.41. The van der Waals surface area contributed by atoms with Crippen molar-refractivity contribution >= 4 is 11.4 Å². The van der Waals surface area contributed by atoms with Crippen LogP contribution >= 0.6 is 0 Å². The number of hydrogen-bond acceptors (Lipinski definition) is 2. The first-order valence-corrected chi connectivity index (χ1v) is 8.39. The van der Waals surface area contributed by atoms with E-state index in [-0.39, 0.29) is 5.41 Å². The van der Waals surface area contributed by atoms with Gasteiger partial charge in [-0.15, -0.1) is 0 Å². The van der Waals surface area contributed by atoms with E-state index in [1.54, 1.807) is 0 Å². The van der Waals surface area contributed by atoms with Crippen molar-refractivity contribution in [2.24, 2.45) is 10.4 Å². The van der Waals surface area contributed by atoms with Gasteiger partial charge in [0.2, 0.25) is 0 Å². The van der Waals surface area contributed by atoms with Crippen molar-refractivity contribution in [2.45, 2.75) is 44.1 Å². The molecule has 1 aliphatic carbocycles. The van der Waals surface area contributed by atoms with Crippen molar-refractivity contribution in [1.82, 2.24) is 4.90 Å². The summed E-state index contributed by atoms with van der Waals surface area (Å²) in [4.78, 5) is 7.80. The SMILES string of the molecule is CC[C@]12C=CCN3CCC4(C(=Nc5ccccc54)CC1)[C@@H]32. The van der Waals surface area contributed by atoms with Crippen LogP contribution in [0.2, 0.25) is 0 Å². The molecule has 1 saturated carbocycles. The first kappa shape index (κ1) is 12.2. The fourth-order valence-electron chi connectivity index (χ4n) is 5.73. The van der Waals surface area contributed by atoms with Crippen LogP contribution in [0.4, 0.5) is 5.69 Å². The molecule has 108 valence electrons. The summed E-state index contributed by atoms with van der Waals surface area (Å²) in [6.45, 7) is 4.73. The predicted octanol–water partition coefficient (Wildman–Crippen LogP) is 3.84. The molecule has 2 nitrogen and oxygen atoms in total. The van der Waals surface area contributed by atoms with E-state index in [0.717, 1.165) is 6.54 Å². The van der Waals surface area contributed by atoms with E-state index < -0.39 is 0 Å². The molecule has 3 heterocycles. The van der Waals surface area contributed by atoms with Gasteiger partial charge in [-0.25, -0.2) is 0 Å². The molecule has 2 heteroatoms. The summed E-state index contributed by atoms with van der Waals surface area (Å²) in [5, 5.41) is 0. The molecule has 0 N–H and O–H groups in total. The Morgan fingerprint density at radius 1 is 1.29 bits per heavy atom. The van der Waals surface area contributed by atoms with Crippen molar-refractivity contribution in [3.05, 3.63) is 42.0 Å². The van der Waals surface area contributed by atoms with E-state index in [0.29, 0.717) is 11.5 Å². The van der Waals surface area contributed by atoms with Gasteiger partial charge in [-0.1, -0.05) is 37.3 Å². The Labute approximate surface area is 126 Å². The second-order valence-electron chi connectivity index (χ2n) is 7.18. The van der Waals surface area contributed by atoms with Crippen LogP contribution in [-0.2, 0) is 5.41 Å². The van der Waals surface area contributed by atoms with Gasteiger partial charge in [0.1, 0.15) is 0 Å². The van der Waals surface area contributed by atoms with E-state index in [2.05, 4.69) is 48.2 Å². The van der Waals surface area contributed by atoms with Gasteiger partial charge in [0, 0.05) is 30.3 Å². The average molecular weight is 278 g/mol. The molecule has 3 aliphatic heterocycles. The van der Waals surface area contributed by atoms with Gasteiger partial charge in [0.15, 0.2) is 0 Å². The normalized spacial score (nSPS) is 39.7. The maximum atomic E-state index is 5.07. The van der Waals surface area contributed by atoms with Crippen LogP contribution < -0.4 is 0 Å². The lowest BCUT2D eigenvalue weighted by Gasteiger charge is -2.54. The molecule has 21 heavy (non-hydrogen) atoms. The summed E-state index contributed by atoms with van der Waals surface area (Å²) in [6.07, 6.45) is 9.94. The first-order valence-electron chi connectivity index (χ1n) is 8.39. The molecule has 2 fully saturated rings. The molecule has 3 atom stereocenters. The van der Waals surface area contributed by atoms with Crippen molar-refractivity contribution in [2.75, 3.05) is 13.1 Å². The Kier molecular flexibility index (Phi) is 2.24. The van der Waals surface area contributed by atoms with Crippen molar-refractivity contribution in [1.29, 1.82) is 0 Å². The summed E-state index contributed by atoms with van der Waals surface area (Å²) in [7, 11) is 0. The molecule has 1 aromatic rings. The minimum atomic E-state index is 0.218. The summed E-state index contributed by atoms with van der Waals surface area (Å²) < 4.78 is 0. The Bertz CT molecular complexity index is 674. The molecular formula is C19H22N2.